The molecule has 0 bridgehead atoms. The molecular weight excluding hydrogens is 290 g/mol. The maximum Gasteiger partial charge on any atom is 0.259 e. The van der Waals surface area contributed by atoms with Gasteiger partial charge in [0.2, 0.25) is 0 Å². The van der Waals surface area contributed by atoms with E-state index in [0.717, 1.165) is 6.26 Å². The molecule has 102 valence electrons. The van der Waals surface area contributed by atoms with E-state index in [1.54, 1.807) is 18.2 Å². The Balaban J connectivity index is 2.44. The summed E-state index contributed by atoms with van der Waals surface area (Å²) in [6.07, 6.45) is 1.11. The van der Waals surface area contributed by atoms with Crippen molar-refractivity contribution < 1.29 is 12.9 Å². The minimum Gasteiger partial charge on any atom is -0.399 e. The van der Waals surface area contributed by atoms with Crippen molar-refractivity contribution in [1.29, 1.82) is 0 Å². The van der Waals surface area contributed by atoms with E-state index in [0.29, 0.717) is 16.3 Å². The van der Waals surface area contributed by atoms with Crippen molar-refractivity contribution in [3.63, 3.8) is 0 Å². The molecule has 2 aromatic rings. The molecule has 0 fully saturated rings. The summed E-state index contributed by atoms with van der Waals surface area (Å²) in [5.41, 5.74) is 6.63. The van der Waals surface area contributed by atoms with Crippen LogP contribution in [0.4, 0.5) is 5.69 Å². The van der Waals surface area contributed by atoms with Gasteiger partial charge >= 0.3 is 0 Å². The molecule has 0 aliphatic carbocycles. The molecule has 2 rings (SSSR count). The second-order valence-electron chi connectivity index (χ2n) is 4.17. The number of hydrogen-bond donors (Lipinski definition) is 1. The summed E-state index contributed by atoms with van der Waals surface area (Å²) >= 11 is 6.01. The van der Waals surface area contributed by atoms with Crippen LogP contribution in [0.1, 0.15) is 18.0 Å². The lowest BCUT2D eigenvalue weighted by Gasteiger charge is -2.02. The third kappa shape index (κ3) is 2.87. The van der Waals surface area contributed by atoms with Crippen LogP contribution in [0.15, 0.2) is 22.7 Å². The molecule has 1 atom stereocenters. The number of aromatic nitrogens is 2. The van der Waals surface area contributed by atoms with Crippen LogP contribution in [0.5, 0.6) is 0 Å². The monoisotopic (exact) mass is 301 g/mol. The average Bonchev–Trinajstić information content (AvgIpc) is 2.79. The van der Waals surface area contributed by atoms with Crippen molar-refractivity contribution >= 4 is 27.1 Å². The highest BCUT2D eigenvalue weighted by molar-refractivity contribution is 7.90. The fraction of sp³-hybridized carbons (Fsp3) is 0.273. The molecule has 19 heavy (non-hydrogen) atoms. The number of nitrogen functional groups attached to an aromatic ring is 1. The zero-order chi connectivity index (χ0) is 14.2. The van der Waals surface area contributed by atoms with Crippen LogP contribution in [0.2, 0.25) is 5.02 Å². The molecule has 0 saturated heterocycles. The largest absolute Gasteiger partial charge is 0.399 e. The van der Waals surface area contributed by atoms with E-state index >= 15 is 0 Å². The predicted octanol–water partition coefficient (Wildman–Crippen LogP) is 2.08. The number of nitrogens with two attached hydrogens (primary N) is 1. The molecule has 0 amide bonds. The Morgan fingerprint density at radius 1 is 1.42 bits per heavy atom. The Labute approximate surface area is 115 Å². The van der Waals surface area contributed by atoms with E-state index in [1.165, 1.54) is 6.92 Å². The highest BCUT2D eigenvalue weighted by atomic mass is 35.5. The minimum atomic E-state index is -3.29. The molecule has 1 unspecified atom stereocenters. The molecule has 2 N–H and O–H groups in total. The number of hydrogen-bond acceptors (Lipinski definition) is 6. The van der Waals surface area contributed by atoms with E-state index in [9.17, 15) is 8.42 Å². The predicted molar refractivity (Wildman–Crippen MR) is 72.4 cm³/mol. The van der Waals surface area contributed by atoms with Gasteiger partial charge in [0.15, 0.2) is 15.7 Å². The third-order valence-electron chi connectivity index (χ3n) is 2.67. The molecule has 1 heterocycles. The van der Waals surface area contributed by atoms with Crippen molar-refractivity contribution in [3.05, 3.63) is 29.0 Å². The van der Waals surface area contributed by atoms with Gasteiger partial charge < -0.3 is 10.3 Å². The molecule has 0 spiro atoms. The van der Waals surface area contributed by atoms with Gasteiger partial charge in [0, 0.05) is 11.9 Å². The Kier molecular flexibility index (Phi) is 3.51. The lowest BCUT2D eigenvalue weighted by Crippen LogP contribution is -2.09. The topological polar surface area (TPSA) is 99.1 Å². The van der Waals surface area contributed by atoms with Gasteiger partial charge in [-0.05, 0) is 25.1 Å². The van der Waals surface area contributed by atoms with Crippen molar-refractivity contribution in [2.75, 3.05) is 12.0 Å². The summed E-state index contributed by atoms with van der Waals surface area (Å²) in [7, 11) is -3.29. The third-order valence-corrected chi connectivity index (χ3v) is 4.49. The number of rotatable bonds is 3. The molecule has 0 aliphatic rings. The van der Waals surface area contributed by atoms with E-state index in [4.69, 9.17) is 21.9 Å². The highest BCUT2D eigenvalue weighted by Crippen LogP contribution is 2.30. The maximum absolute atomic E-state index is 11.4. The van der Waals surface area contributed by atoms with Gasteiger partial charge in [-0.3, -0.25) is 0 Å². The second kappa shape index (κ2) is 4.82. The first-order chi connectivity index (χ1) is 8.79. The number of sulfone groups is 1. The smallest absolute Gasteiger partial charge is 0.259 e. The fourth-order valence-corrected chi connectivity index (χ4v) is 2.08. The molecule has 6 nitrogen and oxygen atoms in total. The summed E-state index contributed by atoms with van der Waals surface area (Å²) in [5.74, 6) is 0.235. The van der Waals surface area contributed by atoms with Gasteiger partial charge in [0.1, 0.15) is 5.25 Å². The van der Waals surface area contributed by atoms with Crippen LogP contribution in [-0.4, -0.2) is 24.8 Å². The van der Waals surface area contributed by atoms with Crippen LogP contribution in [0, 0.1) is 0 Å². The van der Waals surface area contributed by atoms with E-state index in [1.807, 2.05) is 0 Å². The van der Waals surface area contributed by atoms with Crippen LogP contribution in [-0.2, 0) is 9.84 Å². The summed E-state index contributed by atoms with van der Waals surface area (Å²) in [6, 6.07) is 4.84. The van der Waals surface area contributed by atoms with Crippen molar-refractivity contribution in [2.24, 2.45) is 0 Å². The zero-order valence-corrected chi connectivity index (χ0v) is 11.9. The Morgan fingerprint density at radius 3 is 2.74 bits per heavy atom. The van der Waals surface area contributed by atoms with Crippen molar-refractivity contribution in [1.82, 2.24) is 10.1 Å². The molecule has 0 radical (unpaired) electrons. The number of anilines is 1. The Hall–Kier alpha value is -1.60. The van der Waals surface area contributed by atoms with Crippen LogP contribution >= 0.6 is 11.6 Å². The first-order valence-electron chi connectivity index (χ1n) is 5.37. The fourth-order valence-electron chi connectivity index (χ4n) is 1.41. The first-order valence-corrected chi connectivity index (χ1v) is 7.70. The van der Waals surface area contributed by atoms with Crippen LogP contribution < -0.4 is 5.73 Å². The van der Waals surface area contributed by atoms with E-state index in [2.05, 4.69) is 10.1 Å². The molecule has 8 heteroatoms. The van der Waals surface area contributed by atoms with Gasteiger partial charge in [-0.1, -0.05) is 16.8 Å². The number of nitrogens with zero attached hydrogens (tertiary/aromatic N) is 2. The maximum atomic E-state index is 11.4. The lowest BCUT2D eigenvalue weighted by atomic mass is 10.2. The van der Waals surface area contributed by atoms with Gasteiger partial charge in [-0.25, -0.2) is 8.42 Å². The SMILES string of the molecule is CC(c1noc(-c2cc(N)ccc2Cl)n1)S(C)(=O)=O. The standard InChI is InChI=1S/C11H12ClN3O3S/c1-6(19(2,16)17)10-14-11(18-15-10)8-5-7(13)3-4-9(8)12/h3-6H,13H2,1-2H3. The molecule has 0 aliphatic heterocycles. The highest BCUT2D eigenvalue weighted by Gasteiger charge is 2.24. The average molecular weight is 302 g/mol. The molecular formula is C11H12ClN3O3S. The van der Waals surface area contributed by atoms with Crippen molar-refractivity contribution in [3.8, 4) is 11.5 Å². The summed E-state index contributed by atoms with van der Waals surface area (Å²) in [6.45, 7) is 1.49. The minimum absolute atomic E-state index is 0.0935. The van der Waals surface area contributed by atoms with Gasteiger partial charge in [-0.15, -0.1) is 0 Å². The first kappa shape index (κ1) is 13.8. The van der Waals surface area contributed by atoms with Crippen LogP contribution in [0.25, 0.3) is 11.5 Å². The summed E-state index contributed by atoms with van der Waals surface area (Å²) in [5, 5.41) is 3.22. The molecule has 1 aromatic heterocycles. The van der Waals surface area contributed by atoms with Crippen LogP contribution in [0.3, 0.4) is 0 Å². The summed E-state index contributed by atoms with van der Waals surface area (Å²) < 4.78 is 27.9. The lowest BCUT2D eigenvalue weighted by molar-refractivity contribution is 0.422. The number of benzene rings is 1. The van der Waals surface area contributed by atoms with Gasteiger partial charge in [0.05, 0.1) is 10.6 Å². The van der Waals surface area contributed by atoms with Gasteiger partial charge in [0.25, 0.3) is 5.89 Å². The number of halogens is 1. The van der Waals surface area contributed by atoms with Crippen molar-refractivity contribution in [2.45, 2.75) is 12.2 Å². The zero-order valence-electron chi connectivity index (χ0n) is 10.3. The quantitative estimate of drug-likeness (QED) is 0.871. The van der Waals surface area contributed by atoms with E-state index < -0.39 is 15.1 Å². The Bertz CT molecular complexity index is 712. The molecule has 1 aromatic carbocycles. The second-order valence-corrected chi connectivity index (χ2v) is 6.94. The van der Waals surface area contributed by atoms with Gasteiger partial charge in [-0.2, -0.15) is 4.98 Å². The Morgan fingerprint density at radius 2 is 2.11 bits per heavy atom. The normalized spacial score (nSPS) is 13.4. The van der Waals surface area contributed by atoms with E-state index in [-0.39, 0.29) is 11.7 Å². The molecule has 0 saturated carbocycles. The summed E-state index contributed by atoms with van der Waals surface area (Å²) in [4.78, 5) is 4.05.